The molecule has 3 heteroatoms. The van der Waals surface area contributed by atoms with Crippen LogP contribution in [0.1, 0.15) is 45.4 Å². The minimum absolute atomic E-state index is 0.0820. The number of ether oxygens (including phenoxy) is 1. The van der Waals surface area contributed by atoms with Gasteiger partial charge in [-0.15, -0.1) is 0 Å². The maximum atomic E-state index is 9.15. The Morgan fingerprint density at radius 3 is 2.29 bits per heavy atom. The molecule has 1 aliphatic heterocycles. The molecular formula is C14H18BrNO. The van der Waals surface area contributed by atoms with E-state index >= 15 is 0 Å². The van der Waals surface area contributed by atoms with Crippen LogP contribution in [0.15, 0.2) is 0 Å². The molecule has 0 N–H and O–H groups in total. The Bertz CT molecular complexity index is 402. The maximum absolute atomic E-state index is 9.15. The minimum Gasteiger partial charge on any atom is -0.353 e. The van der Waals surface area contributed by atoms with E-state index < -0.39 is 5.60 Å². The first kappa shape index (κ1) is 10.8. The summed E-state index contributed by atoms with van der Waals surface area (Å²) in [4.78, 5) is 0. The van der Waals surface area contributed by atoms with E-state index in [9.17, 15) is 0 Å². The lowest BCUT2D eigenvalue weighted by molar-refractivity contribution is -0.322. The summed E-state index contributed by atoms with van der Waals surface area (Å²) in [5.41, 5.74) is -0.409. The monoisotopic (exact) mass is 295 g/mol. The topological polar surface area (TPSA) is 33.0 Å². The Balaban J connectivity index is 1.67. The average molecular weight is 296 g/mol. The van der Waals surface area contributed by atoms with E-state index in [4.69, 9.17) is 10.00 Å². The summed E-state index contributed by atoms with van der Waals surface area (Å²) in [5, 5.41) is 9.15. The standard InChI is InChI=1S/C14H18BrNO/c1-12(8-16)7-14(17-12)10-2-9-3-11(14)6-13(15,4-9)5-10/h9-11H,2-7H2,1H3/t9?,10-,11+,12-,13?,14?/m1/s1. The van der Waals surface area contributed by atoms with Crippen LogP contribution in [0.5, 0.6) is 0 Å². The molecule has 0 aromatic carbocycles. The summed E-state index contributed by atoms with van der Waals surface area (Å²) in [5.74, 6) is 2.32. The Morgan fingerprint density at radius 2 is 1.82 bits per heavy atom. The number of rotatable bonds is 0. The highest BCUT2D eigenvalue weighted by Gasteiger charge is 2.69. The molecule has 5 aliphatic rings. The van der Waals surface area contributed by atoms with E-state index in [-0.39, 0.29) is 5.60 Å². The first-order chi connectivity index (χ1) is 7.97. The Kier molecular flexibility index (Phi) is 1.85. The maximum Gasteiger partial charge on any atom is 0.155 e. The van der Waals surface area contributed by atoms with Gasteiger partial charge in [-0.05, 0) is 56.8 Å². The highest BCUT2D eigenvalue weighted by atomic mass is 79.9. The van der Waals surface area contributed by atoms with Gasteiger partial charge >= 0.3 is 0 Å². The molecule has 5 rings (SSSR count). The summed E-state index contributed by atoms with van der Waals surface area (Å²) >= 11 is 3.99. The normalized spacial score (nSPS) is 63.5. The van der Waals surface area contributed by atoms with Gasteiger partial charge in [-0.25, -0.2) is 0 Å². The van der Waals surface area contributed by atoms with Crippen molar-refractivity contribution in [1.82, 2.24) is 0 Å². The summed E-state index contributed by atoms with van der Waals surface area (Å²) in [6.45, 7) is 1.95. The van der Waals surface area contributed by atoms with Gasteiger partial charge in [0.2, 0.25) is 0 Å². The molecule has 4 saturated carbocycles. The second-order valence-electron chi connectivity index (χ2n) is 7.07. The van der Waals surface area contributed by atoms with E-state index in [1.54, 1.807) is 0 Å². The van der Waals surface area contributed by atoms with E-state index in [1.165, 1.54) is 32.1 Å². The zero-order valence-electron chi connectivity index (χ0n) is 10.2. The van der Waals surface area contributed by atoms with Gasteiger partial charge in [0.15, 0.2) is 5.60 Å². The van der Waals surface area contributed by atoms with Gasteiger partial charge in [0.25, 0.3) is 0 Å². The van der Waals surface area contributed by atoms with Crippen LogP contribution in [0.3, 0.4) is 0 Å². The SMILES string of the molecule is C[C@]1(C#N)CC2(O1)[C@@H]1CC3C[C@H]2CC(Br)(C3)C1. The van der Waals surface area contributed by atoms with Gasteiger partial charge in [-0.3, -0.25) is 0 Å². The van der Waals surface area contributed by atoms with E-state index in [1.807, 2.05) is 6.92 Å². The number of hydrogen-bond acceptors (Lipinski definition) is 2. The van der Waals surface area contributed by atoms with Crippen LogP contribution in [-0.2, 0) is 4.74 Å². The largest absolute Gasteiger partial charge is 0.353 e. The zero-order valence-corrected chi connectivity index (χ0v) is 11.8. The van der Waals surface area contributed by atoms with Gasteiger partial charge in [-0.1, -0.05) is 15.9 Å². The molecule has 1 saturated heterocycles. The molecule has 1 spiro atoms. The second-order valence-corrected chi connectivity index (χ2v) is 8.75. The molecule has 0 radical (unpaired) electrons. The zero-order chi connectivity index (χ0) is 11.9. The molecule has 5 fully saturated rings. The number of halogens is 1. The third-order valence-electron chi connectivity index (χ3n) is 5.76. The van der Waals surface area contributed by atoms with Crippen molar-refractivity contribution in [3.05, 3.63) is 0 Å². The van der Waals surface area contributed by atoms with Crippen molar-refractivity contribution in [1.29, 1.82) is 5.26 Å². The van der Waals surface area contributed by atoms with Gasteiger partial charge < -0.3 is 4.74 Å². The van der Waals surface area contributed by atoms with Crippen molar-refractivity contribution in [3.8, 4) is 6.07 Å². The van der Waals surface area contributed by atoms with Crippen molar-refractivity contribution in [2.24, 2.45) is 17.8 Å². The predicted molar refractivity (Wildman–Crippen MR) is 67.7 cm³/mol. The van der Waals surface area contributed by atoms with E-state index in [2.05, 4.69) is 22.0 Å². The molecule has 4 bridgehead atoms. The van der Waals surface area contributed by atoms with Crippen LogP contribution in [0.4, 0.5) is 0 Å². The second kappa shape index (κ2) is 2.91. The fourth-order valence-corrected chi connectivity index (χ4v) is 6.66. The molecule has 92 valence electrons. The van der Waals surface area contributed by atoms with Crippen LogP contribution >= 0.6 is 15.9 Å². The van der Waals surface area contributed by atoms with Crippen LogP contribution in [0, 0.1) is 29.1 Å². The fraction of sp³-hybridized carbons (Fsp3) is 0.929. The van der Waals surface area contributed by atoms with E-state index in [0.717, 1.165) is 12.3 Å². The number of alkyl halides is 1. The highest BCUT2D eigenvalue weighted by molar-refractivity contribution is 9.10. The van der Waals surface area contributed by atoms with Crippen molar-refractivity contribution in [2.45, 2.75) is 61.0 Å². The van der Waals surface area contributed by atoms with Crippen molar-refractivity contribution >= 4 is 15.9 Å². The molecule has 0 aromatic heterocycles. The lowest BCUT2D eigenvalue weighted by Crippen LogP contribution is -2.72. The first-order valence-electron chi connectivity index (χ1n) is 6.77. The summed E-state index contributed by atoms with van der Waals surface area (Å²) < 4.78 is 6.62. The van der Waals surface area contributed by atoms with Crippen molar-refractivity contribution < 1.29 is 4.74 Å². The average Bonchev–Trinajstić information content (AvgIpc) is 2.20. The molecule has 6 atom stereocenters. The molecule has 0 amide bonds. The Hall–Kier alpha value is -0.0700. The van der Waals surface area contributed by atoms with E-state index in [0.29, 0.717) is 16.2 Å². The minimum atomic E-state index is -0.491. The molecule has 3 unspecified atom stereocenters. The van der Waals surface area contributed by atoms with Crippen molar-refractivity contribution in [2.75, 3.05) is 0 Å². The quantitative estimate of drug-likeness (QED) is 0.642. The summed E-state index contributed by atoms with van der Waals surface area (Å²) in [7, 11) is 0. The Labute approximate surface area is 111 Å². The molecule has 4 aliphatic carbocycles. The van der Waals surface area contributed by atoms with Crippen LogP contribution in [0.2, 0.25) is 0 Å². The lowest BCUT2D eigenvalue weighted by atomic mass is 9.46. The Morgan fingerprint density at radius 1 is 1.24 bits per heavy atom. The van der Waals surface area contributed by atoms with Crippen LogP contribution in [0.25, 0.3) is 0 Å². The lowest BCUT2D eigenvalue weighted by Gasteiger charge is -2.69. The van der Waals surface area contributed by atoms with Crippen molar-refractivity contribution in [3.63, 3.8) is 0 Å². The van der Waals surface area contributed by atoms with Gasteiger partial charge in [0.05, 0.1) is 11.7 Å². The molecule has 0 aromatic rings. The summed E-state index contributed by atoms with van der Waals surface area (Å²) in [6, 6.07) is 2.34. The van der Waals surface area contributed by atoms with Crippen LogP contribution < -0.4 is 0 Å². The number of hydrogen-bond donors (Lipinski definition) is 0. The molecule has 17 heavy (non-hydrogen) atoms. The summed E-state index contributed by atoms with van der Waals surface area (Å²) in [6.07, 6.45) is 7.55. The fourth-order valence-electron chi connectivity index (χ4n) is 5.42. The molecular weight excluding hydrogens is 278 g/mol. The predicted octanol–water partition coefficient (Wildman–Crippen LogP) is 3.40. The number of nitriles is 1. The highest BCUT2D eigenvalue weighted by Crippen LogP contribution is 2.68. The van der Waals surface area contributed by atoms with Gasteiger partial charge in [-0.2, -0.15) is 5.26 Å². The van der Waals surface area contributed by atoms with Crippen LogP contribution in [-0.4, -0.2) is 15.5 Å². The van der Waals surface area contributed by atoms with Gasteiger partial charge in [0.1, 0.15) is 0 Å². The third kappa shape index (κ3) is 1.24. The first-order valence-corrected chi connectivity index (χ1v) is 7.57. The third-order valence-corrected chi connectivity index (χ3v) is 6.73. The molecule has 1 heterocycles. The number of nitrogens with zero attached hydrogens (tertiary/aromatic N) is 1. The molecule has 2 nitrogen and oxygen atoms in total. The van der Waals surface area contributed by atoms with Gasteiger partial charge in [0, 0.05) is 10.7 Å². The smallest absolute Gasteiger partial charge is 0.155 e.